The van der Waals surface area contributed by atoms with Gasteiger partial charge in [-0.1, -0.05) is 0 Å². The van der Waals surface area contributed by atoms with Crippen molar-refractivity contribution < 1.29 is 8.78 Å². The van der Waals surface area contributed by atoms with Gasteiger partial charge in [0.05, 0.1) is 17.2 Å². The zero-order valence-electron chi connectivity index (χ0n) is 13.3. The van der Waals surface area contributed by atoms with E-state index in [-0.39, 0.29) is 12.4 Å². The lowest BCUT2D eigenvalue weighted by atomic mass is 10.4. The van der Waals surface area contributed by atoms with Crippen LogP contribution in [0.2, 0.25) is 0 Å². The van der Waals surface area contributed by atoms with Crippen LogP contribution in [0.25, 0.3) is 0 Å². The highest BCUT2D eigenvalue weighted by molar-refractivity contribution is 7.11. The van der Waals surface area contributed by atoms with Crippen LogP contribution in [0.5, 0.6) is 0 Å². The second kappa shape index (κ2) is 8.00. The standard InChI is InChI=1S/C14H20F2N6S/c1-9-10(2)23-12(21-9)4-5-19-14(17-3)20-8-11-18-6-7-22(11)13(15)16/h6-7,13H,4-5,8H2,1-3H3,(H2,17,19,20). The second-order valence-corrected chi connectivity index (χ2v) is 6.17. The van der Waals surface area contributed by atoms with Crippen molar-refractivity contribution in [2.45, 2.75) is 33.4 Å². The SMILES string of the molecule is CN=C(NCCc1nc(C)c(C)s1)NCc1nccn1C(F)F. The first-order valence-corrected chi connectivity index (χ1v) is 8.00. The normalized spacial score (nSPS) is 12.0. The molecule has 0 saturated heterocycles. The molecule has 0 aliphatic rings. The van der Waals surface area contributed by atoms with E-state index in [1.807, 2.05) is 6.92 Å². The van der Waals surface area contributed by atoms with Crippen molar-refractivity contribution in [1.82, 2.24) is 25.2 Å². The Balaban J connectivity index is 1.80. The summed E-state index contributed by atoms with van der Waals surface area (Å²) in [5, 5.41) is 7.18. The molecule has 6 nitrogen and oxygen atoms in total. The van der Waals surface area contributed by atoms with Crippen molar-refractivity contribution >= 4 is 17.3 Å². The number of imidazole rings is 1. The Morgan fingerprint density at radius 1 is 1.39 bits per heavy atom. The molecule has 0 aromatic carbocycles. The van der Waals surface area contributed by atoms with Gasteiger partial charge in [-0.3, -0.25) is 9.56 Å². The minimum atomic E-state index is -2.60. The molecule has 2 heterocycles. The van der Waals surface area contributed by atoms with Crippen LogP contribution in [0, 0.1) is 13.8 Å². The van der Waals surface area contributed by atoms with Crippen molar-refractivity contribution in [3.63, 3.8) is 0 Å². The lowest BCUT2D eigenvalue weighted by Gasteiger charge is -2.12. The summed E-state index contributed by atoms with van der Waals surface area (Å²) >= 11 is 1.68. The maximum Gasteiger partial charge on any atom is 0.319 e. The number of aryl methyl sites for hydroxylation is 2. The van der Waals surface area contributed by atoms with E-state index in [9.17, 15) is 8.78 Å². The van der Waals surface area contributed by atoms with E-state index in [1.54, 1.807) is 18.4 Å². The first-order chi connectivity index (χ1) is 11.0. The highest BCUT2D eigenvalue weighted by atomic mass is 32.1. The number of rotatable bonds is 6. The van der Waals surface area contributed by atoms with Crippen LogP contribution < -0.4 is 10.6 Å². The number of aromatic nitrogens is 3. The summed E-state index contributed by atoms with van der Waals surface area (Å²) in [5.41, 5.74) is 1.06. The molecule has 9 heteroatoms. The van der Waals surface area contributed by atoms with E-state index in [1.165, 1.54) is 17.3 Å². The molecule has 0 aliphatic heterocycles. The van der Waals surface area contributed by atoms with Crippen LogP contribution in [-0.4, -0.2) is 34.1 Å². The monoisotopic (exact) mass is 342 g/mol. The lowest BCUT2D eigenvalue weighted by Crippen LogP contribution is -2.38. The quantitative estimate of drug-likeness (QED) is 0.624. The zero-order valence-corrected chi connectivity index (χ0v) is 14.1. The Morgan fingerprint density at radius 2 is 2.17 bits per heavy atom. The fourth-order valence-corrected chi connectivity index (χ4v) is 2.91. The van der Waals surface area contributed by atoms with E-state index in [0.29, 0.717) is 12.5 Å². The van der Waals surface area contributed by atoms with Gasteiger partial charge < -0.3 is 10.6 Å². The van der Waals surface area contributed by atoms with Gasteiger partial charge in [-0.15, -0.1) is 11.3 Å². The van der Waals surface area contributed by atoms with Crippen molar-refractivity contribution in [2.75, 3.05) is 13.6 Å². The first kappa shape index (κ1) is 17.3. The fraction of sp³-hybridized carbons (Fsp3) is 0.500. The van der Waals surface area contributed by atoms with E-state index < -0.39 is 6.55 Å². The Hall–Kier alpha value is -2.03. The number of hydrogen-bond donors (Lipinski definition) is 2. The molecule has 0 fully saturated rings. The van der Waals surface area contributed by atoms with E-state index in [2.05, 4.69) is 32.5 Å². The van der Waals surface area contributed by atoms with Gasteiger partial charge >= 0.3 is 6.55 Å². The number of nitrogens with one attached hydrogen (secondary N) is 2. The highest BCUT2D eigenvalue weighted by Crippen LogP contribution is 2.16. The average Bonchev–Trinajstić information content (AvgIpc) is 3.10. The van der Waals surface area contributed by atoms with Gasteiger partial charge in [0.15, 0.2) is 5.96 Å². The number of hydrogen-bond acceptors (Lipinski definition) is 4. The largest absolute Gasteiger partial charge is 0.356 e. The number of nitrogens with zero attached hydrogens (tertiary/aromatic N) is 4. The predicted octanol–water partition coefficient (Wildman–Crippen LogP) is 2.26. The third kappa shape index (κ3) is 4.72. The van der Waals surface area contributed by atoms with Crippen LogP contribution >= 0.6 is 11.3 Å². The van der Waals surface area contributed by atoms with Gasteiger partial charge in [0.1, 0.15) is 5.82 Å². The molecule has 0 atom stereocenters. The maximum atomic E-state index is 12.7. The molecule has 2 aromatic heterocycles. The summed E-state index contributed by atoms with van der Waals surface area (Å²) in [6.07, 6.45) is 3.39. The average molecular weight is 342 g/mol. The highest BCUT2D eigenvalue weighted by Gasteiger charge is 2.11. The molecule has 0 aliphatic carbocycles. The smallest absolute Gasteiger partial charge is 0.319 e. The third-order valence-corrected chi connectivity index (χ3v) is 4.43. The molecule has 126 valence electrons. The molecule has 0 unspecified atom stereocenters. The molecular weight excluding hydrogens is 322 g/mol. The van der Waals surface area contributed by atoms with E-state index in [0.717, 1.165) is 21.7 Å². The summed E-state index contributed by atoms with van der Waals surface area (Å²) in [5.74, 6) is 0.799. The predicted molar refractivity (Wildman–Crippen MR) is 87.0 cm³/mol. The number of guanidine groups is 1. The molecule has 0 saturated carbocycles. The first-order valence-electron chi connectivity index (χ1n) is 7.18. The minimum absolute atomic E-state index is 0.173. The molecule has 2 N–H and O–H groups in total. The Bertz CT molecular complexity index is 645. The Kier molecular flexibility index (Phi) is 6.03. The topological polar surface area (TPSA) is 67.1 Å². The Labute approximate surface area is 137 Å². The number of thiazole rings is 1. The second-order valence-electron chi connectivity index (χ2n) is 4.88. The molecule has 0 spiro atoms. The van der Waals surface area contributed by atoms with Crippen LogP contribution in [-0.2, 0) is 13.0 Å². The summed E-state index contributed by atoms with van der Waals surface area (Å²) in [7, 11) is 1.63. The molecule has 0 radical (unpaired) electrons. The molecule has 2 rings (SSSR count). The zero-order chi connectivity index (χ0) is 16.8. The van der Waals surface area contributed by atoms with Gasteiger partial charge in [0.2, 0.25) is 0 Å². The van der Waals surface area contributed by atoms with Gasteiger partial charge in [-0.25, -0.2) is 9.97 Å². The summed E-state index contributed by atoms with van der Waals surface area (Å²) in [4.78, 5) is 13.7. The van der Waals surface area contributed by atoms with Crippen LogP contribution in [0.1, 0.15) is 28.0 Å². The molecular formula is C14H20F2N6S. The van der Waals surface area contributed by atoms with Gasteiger partial charge in [0, 0.05) is 37.3 Å². The van der Waals surface area contributed by atoms with Crippen molar-refractivity contribution in [3.8, 4) is 0 Å². The van der Waals surface area contributed by atoms with Crippen molar-refractivity contribution in [2.24, 2.45) is 4.99 Å². The molecule has 0 amide bonds. The minimum Gasteiger partial charge on any atom is -0.356 e. The van der Waals surface area contributed by atoms with Crippen LogP contribution in [0.3, 0.4) is 0 Å². The summed E-state index contributed by atoms with van der Waals surface area (Å²) < 4.78 is 26.3. The van der Waals surface area contributed by atoms with E-state index >= 15 is 0 Å². The Morgan fingerprint density at radius 3 is 2.78 bits per heavy atom. The third-order valence-electron chi connectivity index (χ3n) is 3.30. The van der Waals surface area contributed by atoms with E-state index in [4.69, 9.17) is 0 Å². The number of alkyl halides is 2. The number of aliphatic imine (C=N–C) groups is 1. The van der Waals surface area contributed by atoms with Gasteiger partial charge in [0.25, 0.3) is 0 Å². The van der Waals surface area contributed by atoms with Gasteiger partial charge in [-0.2, -0.15) is 8.78 Å². The maximum absolute atomic E-state index is 12.7. The molecule has 23 heavy (non-hydrogen) atoms. The molecule has 0 bridgehead atoms. The van der Waals surface area contributed by atoms with Gasteiger partial charge in [-0.05, 0) is 13.8 Å². The lowest BCUT2D eigenvalue weighted by molar-refractivity contribution is 0.0668. The summed E-state index contributed by atoms with van der Waals surface area (Å²) in [6, 6.07) is 0. The molecule has 2 aromatic rings. The van der Waals surface area contributed by atoms with Crippen molar-refractivity contribution in [1.29, 1.82) is 0 Å². The van der Waals surface area contributed by atoms with Crippen molar-refractivity contribution in [3.05, 3.63) is 33.8 Å². The number of halogens is 2. The van der Waals surface area contributed by atoms with Crippen LogP contribution in [0.4, 0.5) is 8.78 Å². The fourth-order valence-electron chi connectivity index (χ4n) is 1.98. The summed E-state index contributed by atoms with van der Waals surface area (Å²) in [6.45, 7) is 2.28. The van der Waals surface area contributed by atoms with Crippen LogP contribution in [0.15, 0.2) is 17.4 Å².